The molecule has 0 aliphatic carbocycles. The quantitative estimate of drug-likeness (QED) is 0.871. The lowest BCUT2D eigenvalue weighted by molar-refractivity contribution is 0.167. The zero-order valence-electron chi connectivity index (χ0n) is 11.6. The first kappa shape index (κ1) is 14.6. The molecule has 0 saturated carbocycles. The fourth-order valence-corrected chi connectivity index (χ4v) is 2.11. The number of amides is 1. The summed E-state index contributed by atoms with van der Waals surface area (Å²) in [5, 5.41) is 2.92. The number of anilines is 2. The Hall–Kier alpha value is -1.83. The predicted octanol–water partition coefficient (Wildman–Crippen LogP) is 0.526. The number of hydrogen-bond acceptors (Lipinski definition) is 7. The van der Waals surface area contributed by atoms with E-state index in [1.165, 1.54) is 7.11 Å². The molecule has 0 aromatic carbocycles. The summed E-state index contributed by atoms with van der Waals surface area (Å²) < 4.78 is 4.59. The zero-order chi connectivity index (χ0) is 14.7. The lowest BCUT2D eigenvalue weighted by Gasteiger charge is -2.18. The third kappa shape index (κ3) is 3.38. The van der Waals surface area contributed by atoms with E-state index in [0.29, 0.717) is 18.4 Å². The molecule has 1 unspecified atom stereocenters. The van der Waals surface area contributed by atoms with Crippen molar-refractivity contribution in [2.45, 2.75) is 12.5 Å². The van der Waals surface area contributed by atoms with Gasteiger partial charge in [-0.05, 0) is 18.0 Å². The Morgan fingerprint density at radius 3 is 2.85 bits per heavy atom. The molecule has 2 rings (SSSR count). The molecule has 1 aromatic heterocycles. The maximum Gasteiger partial charge on any atom is 0.407 e. The van der Waals surface area contributed by atoms with Crippen LogP contribution in [-0.2, 0) is 4.74 Å². The number of rotatable bonds is 3. The smallest absolute Gasteiger partial charge is 0.407 e. The van der Waals surface area contributed by atoms with E-state index < -0.39 is 6.09 Å². The van der Waals surface area contributed by atoms with Crippen LogP contribution in [0.25, 0.3) is 0 Å². The van der Waals surface area contributed by atoms with Crippen LogP contribution in [0.1, 0.15) is 6.42 Å². The molecule has 2 heterocycles. The van der Waals surface area contributed by atoms with Gasteiger partial charge >= 0.3 is 6.09 Å². The van der Waals surface area contributed by atoms with Gasteiger partial charge in [-0.1, -0.05) is 0 Å². The average Bonchev–Trinajstić information content (AvgIpc) is 2.86. The van der Waals surface area contributed by atoms with Crippen LogP contribution in [0.4, 0.5) is 16.7 Å². The van der Waals surface area contributed by atoms with Crippen LogP contribution in [0, 0.1) is 0 Å². The summed E-state index contributed by atoms with van der Waals surface area (Å²) in [4.78, 5) is 27.4. The standard InChI is InChI=1S/C11H17ClN6O2/c1-17(2)9-14-8(12)15-10(16-9)18-5-4-7(6-18)13-11(19)20-3/h7H,4-6H2,1-3H3,(H,13,19). The van der Waals surface area contributed by atoms with Crippen molar-refractivity contribution in [1.82, 2.24) is 20.3 Å². The molecule has 1 amide bonds. The third-order valence-corrected chi connectivity index (χ3v) is 3.13. The molecule has 1 aliphatic heterocycles. The topological polar surface area (TPSA) is 83.5 Å². The maximum atomic E-state index is 11.2. The van der Waals surface area contributed by atoms with E-state index in [0.717, 1.165) is 13.0 Å². The first-order valence-corrected chi connectivity index (χ1v) is 6.55. The van der Waals surface area contributed by atoms with Crippen molar-refractivity contribution in [3.05, 3.63) is 5.28 Å². The largest absolute Gasteiger partial charge is 0.453 e. The molecule has 1 atom stereocenters. The van der Waals surface area contributed by atoms with Gasteiger partial charge in [0.1, 0.15) is 0 Å². The van der Waals surface area contributed by atoms with Gasteiger partial charge in [0, 0.05) is 27.2 Å². The van der Waals surface area contributed by atoms with Gasteiger partial charge in [-0.25, -0.2) is 4.79 Å². The number of hydrogen-bond donors (Lipinski definition) is 1. The van der Waals surface area contributed by atoms with Crippen molar-refractivity contribution in [2.75, 3.05) is 44.1 Å². The van der Waals surface area contributed by atoms with Crippen LogP contribution >= 0.6 is 11.6 Å². The van der Waals surface area contributed by atoms with Crippen molar-refractivity contribution in [1.29, 1.82) is 0 Å². The summed E-state index contributed by atoms with van der Waals surface area (Å²) in [7, 11) is 5.01. The fraction of sp³-hybridized carbons (Fsp3) is 0.636. The van der Waals surface area contributed by atoms with Gasteiger partial charge in [0.2, 0.25) is 17.2 Å². The summed E-state index contributed by atoms with van der Waals surface area (Å²) in [6.45, 7) is 1.35. The molecule has 8 nitrogen and oxygen atoms in total. The highest BCUT2D eigenvalue weighted by Gasteiger charge is 2.26. The molecule has 110 valence electrons. The number of alkyl carbamates (subject to hydrolysis) is 1. The molecule has 1 aliphatic rings. The molecule has 0 spiro atoms. The van der Waals surface area contributed by atoms with E-state index in [2.05, 4.69) is 25.0 Å². The first-order valence-electron chi connectivity index (χ1n) is 6.18. The Kier molecular flexibility index (Phi) is 4.43. The monoisotopic (exact) mass is 300 g/mol. The Morgan fingerprint density at radius 1 is 1.45 bits per heavy atom. The van der Waals surface area contributed by atoms with Gasteiger partial charge in [-0.2, -0.15) is 15.0 Å². The van der Waals surface area contributed by atoms with E-state index in [-0.39, 0.29) is 11.3 Å². The predicted molar refractivity (Wildman–Crippen MR) is 75.3 cm³/mol. The van der Waals surface area contributed by atoms with Crippen molar-refractivity contribution in [3.63, 3.8) is 0 Å². The zero-order valence-corrected chi connectivity index (χ0v) is 12.4. The molecule has 1 N–H and O–H groups in total. The minimum absolute atomic E-state index is 0.0146. The Balaban J connectivity index is 2.08. The van der Waals surface area contributed by atoms with Gasteiger partial charge in [0.15, 0.2) is 0 Å². The number of halogens is 1. The molecule has 0 radical (unpaired) electrons. The molecular formula is C11H17ClN6O2. The number of carbonyl (C=O) groups excluding carboxylic acids is 1. The Morgan fingerprint density at radius 2 is 2.20 bits per heavy atom. The van der Waals surface area contributed by atoms with Gasteiger partial charge < -0.3 is 19.9 Å². The minimum Gasteiger partial charge on any atom is -0.453 e. The fourth-order valence-electron chi connectivity index (χ4n) is 1.96. The second-order valence-electron chi connectivity index (χ2n) is 4.67. The van der Waals surface area contributed by atoms with E-state index in [4.69, 9.17) is 11.6 Å². The van der Waals surface area contributed by atoms with E-state index in [1.54, 1.807) is 4.90 Å². The average molecular weight is 301 g/mol. The number of ether oxygens (including phenoxy) is 1. The first-order chi connectivity index (χ1) is 9.49. The number of aromatic nitrogens is 3. The lowest BCUT2D eigenvalue weighted by atomic mass is 10.3. The molecule has 0 bridgehead atoms. The normalized spacial score (nSPS) is 18.0. The summed E-state index contributed by atoms with van der Waals surface area (Å²) in [5.74, 6) is 1.02. The maximum absolute atomic E-state index is 11.2. The van der Waals surface area contributed by atoms with E-state index in [1.807, 2.05) is 19.0 Å². The molecule has 9 heteroatoms. The Labute approximate surface area is 122 Å². The number of methoxy groups -OCH3 is 1. The van der Waals surface area contributed by atoms with Crippen LogP contribution in [-0.4, -0.2) is 61.4 Å². The van der Waals surface area contributed by atoms with Crippen LogP contribution in [0.2, 0.25) is 5.28 Å². The number of nitrogens with zero attached hydrogens (tertiary/aromatic N) is 5. The molecule has 1 aromatic rings. The second kappa shape index (κ2) is 6.08. The van der Waals surface area contributed by atoms with E-state index >= 15 is 0 Å². The van der Waals surface area contributed by atoms with Gasteiger partial charge in [-0.15, -0.1) is 0 Å². The van der Waals surface area contributed by atoms with Crippen molar-refractivity contribution >= 4 is 29.6 Å². The summed E-state index contributed by atoms with van der Waals surface area (Å²) in [5.41, 5.74) is 0. The van der Waals surface area contributed by atoms with Crippen LogP contribution in [0.15, 0.2) is 0 Å². The second-order valence-corrected chi connectivity index (χ2v) is 5.00. The number of nitrogens with one attached hydrogen (secondary N) is 1. The SMILES string of the molecule is COC(=O)NC1CCN(c2nc(Cl)nc(N(C)C)n2)C1. The van der Waals surface area contributed by atoms with Crippen molar-refractivity contribution < 1.29 is 9.53 Å². The van der Waals surface area contributed by atoms with E-state index in [9.17, 15) is 4.79 Å². The molecular weight excluding hydrogens is 284 g/mol. The highest BCUT2D eigenvalue weighted by molar-refractivity contribution is 6.28. The highest BCUT2D eigenvalue weighted by Crippen LogP contribution is 2.19. The van der Waals surface area contributed by atoms with Crippen molar-refractivity contribution in [3.8, 4) is 0 Å². The number of carbonyl (C=O) groups is 1. The van der Waals surface area contributed by atoms with Crippen LogP contribution in [0.3, 0.4) is 0 Å². The van der Waals surface area contributed by atoms with Crippen LogP contribution in [0.5, 0.6) is 0 Å². The molecule has 1 saturated heterocycles. The molecule has 20 heavy (non-hydrogen) atoms. The van der Waals surface area contributed by atoms with Crippen molar-refractivity contribution in [2.24, 2.45) is 0 Å². The van der Waals surface area contributed by atoms with Gasteiger partial charge in [0.25, 0.3) is 0 Å². The highest BCUT2D eigenvalue weighted by atomic mass is 35.5. The Bertz CT molecular complexity index is 498. The summed E-state index contributed by atoms with van der Waals surface area (Å²) in [6.07, 6.45) is 0.370. The minimum atomic E-state index is -0.431. The summed E-state index contributed by atoms with van der Waals surface area (Å²) in [6, 6.07) is 0.0146. The van der Waals surface area contributed by atoms with Crippen LogP contribution < -0.4 is 15.1 Å². The lowest BCUT2D eigenvalue weighted by Crippen LogP contribution is -2.37. The van der Waals surface area contributed by atoms with Gasteiger partial charge in [0.05, 0.1) is 13.2 Å². The third-order valence-electron chi connectivity index (χ3n) is 2.96. The molecule has 1 fully saturated rings. The van der Waals surface area contributed by atoms with Gasteiger partial charge in [-0.3, -0.25) is 0 Å². The summed E-state index contributed by atoms with van der Waals surface area (Å²) >= 11 is 5.91.